The van der Waals surface area contributed by atoms with Crippen LogP contribution in [0.5, 0.6) is 0 Å². The van der Waals surface area contributed by atoms with Gasteiger partial charge in [0.1, 0.15) is 5.82 Å². The number of thioether (sulfide) groups is 1. The molecular formula is C15H14FN3O5S2. The Hall–Kier alpha value is -2.53. The quantitative estimate of drug-likeness (QED) is 0.314. The fourth-order valence-corrected chi connectivity index (χ4v) is 3.27. The number of nitrogens with one attached hydrogen (secondary N) is 1. The van der Waals surface area contributed by atoms with Crippen molar-refractivity contribution in [3.05, 3.63) is 45.2 Å². The molecule has 0 saturated heterocycles. The number of rotatable bonds is 8. The van der Waals surface area contributed by atoms with Crippen LogP contribution in [-0.4, -0.2) is 34.1 Å². The molecule has 1 amide bonds. The molecule has 11 heteroatoms. The molecule has 1 aromatic heterocycles. The van der Waals surface area contributed by atoms with Crippen LogP contribution in [0.1, 0.15) is 12.6 Å². The van der Waals surface area contributed by atoms with E-state index >= 15 is 0 Å². The van der Waals surface area contributed by atoms with E-state index in [1.165, 1.54) is 12.1 Å². The third-order valence-electron chi connectivity index (χ3n) is 2.91. The minimum atomic E-state index is -0.761. The van der Waals surface area contributed by atoms with Crippen LogP contribution in [0.25, 0.3) is 0 Å². The zero-order chi connectivity index (χ0) is 19.1. The molecular weight excluding hydrogens is 385 g/mol. The molecule has 0 atom stereocenters. The highest BCUT2D eigenvalue weighted by molar-refractivity contribution is 8.00. The first kappa shape index (κ1) is 19.8. The van der Waals surface area contributed by atoms with Crippen LogP contribution in [-0.2, 0) is 20.7 Å². The molecule has 138 valence electrons. The highest BCUT2D eigenvalue weighted by Gasteiger charge is 2.14. The van der Waals surface area contributed by atoms with Gasteiger partial charge >= 0.3 is 5.97 Å². The Morgan fingerprint density at radius 3 is 2.88 bits per heavy atom. The van der Waals surface area contributed by atoms with Crippen molar-refractivity contribution in [1.82, 2.24) is 4.98 Å². The number of halogens is 1. The van der Waals surface area contributed by atoms with Gasteiger partial charge in [0.2, 0.25) is 5.91 Å². The summed E-state index contributed by atoms with van der Waals surface area (Å²) in [6, 6.07) is 3.24. The van der Waals surface area contributed by atoms with E-state index in [0.717, 1.165) is 29.2 Å². The number of aromatic nitrogens is 1. The second kappa shape index (κ2) is 9.25. The number of amides is 1. The molecule has 8 nitrogen and oxygen atoms in total. The van der Waals surface area contributed by atoms with Gasteiger partial charge in [0.15, 0.2) is 5.13 Å². The van der Waals surface area contributed by atoms with Crippen LogP contribution < -0.4 is 5.32 Å². The second-order valence-corrected chi connectivity index (χ2v) is 6.71. The molecule has 0 radical (unpaired) electrons. The molecule has 0 aliphatic heterocycles. The minimum absolute atomic E-state index is 0.0168. The lowest BCUT2D eigenvalue weighted by molar-refractivity contribution is -0.385. The van der Waals surface area contributed by atoms with E-state index in [9.17, 15) is 24.1 Å². The first-order chi connectivity index (χ1) is 12.4. The zero-order valence-corrected chi connectivity index (χ0v) is 15.2. The number of ether oxygens (including phenoxy) is 1. The Morgan fingerprint density at radius 2 is 2.23 bits per heavy atom. The normalized spacial score (nSPS) is 10.4. The number of nitro benzene ring substituents is 1. The molecule has 0 bridgehead atoms. The SMILES string of the molecule is CCOC(=O)Cc1csc(NC(=O)CSc2ccc([N+](=O)[O-])cc2F)n1. The fourth-order valence-electron chi connectivity index (χ4n) is 1.82. The maximum absolute atomic E-state index is 13.8. The van der Waals surface area contributed by atoms with Crippen LogP contribution in [0.2, 0.25) is 0 Å². The summed E-state index contributed by atoms with van der Waals surface area (Å²) < 4.78 is 18.6. The van der Waals surface area contributed by atoms with E-state index in [4.69, 9.17) is 4.74 Å². The molecule has 1 aromatic carbocycles. The summed E-state index contributed by atoms with van der Waals surface area (Å²) in [5.74, 6) is -1.67. The van der Waals surface area contributed by atoms with Crippen molar-refractivity contribution in [2.24, 2.45) is 0 Å². The fraction of sp³-hybridized carbons (Fsp3) is 0.267. The highest BCUT2D eigenvalue weighted by Crippen LogP contribution is 2.25. The van der Waals surface area contributed by atoms with E-state index < -0.39 is 22.6 Å². The summed E-state index contributed by atoms with van der Waals surface area (Å²) >= 11 is 2.07. The van der Waals surface area contributed by atoms with E-state index in [2.05, 4.69) is 10.3 Å². The standard InChI is InChI=1S/C15H14FN3O5S2/c1-2-24-14(21)5-9-7-26-15(17-9)18-13(20)8-25-12-4-3-10(19(22)23)6-11(12)16/h3-4,6-7H,2,5,8H2,1H3,(H,17,18,20). The van der Waals surface area contributed by atoms with Crippen LogP contribution in [0, 0.1) is 15.9 Å². The summed E-state index contributed by atoms with van der Waals surface area (Å²) in [6.07, 6.45) is 0.0168. The predicted molar refractivity (Wildman–Crippen MR) is 94.9 cm³/mol. The van der Waals surface area contributed by atoms with E-state index in [1.54, 1.807) is 12.3 Å². The minimum Gasteiger partial charge on any atom is -0.466 e. The molecule has 1 N–H and O–H groups in total. The number of hydrogen-bond acceptors (Lipinski definition) is 8. The van der Waals surface area contributed by atoms with E-state index in [-0.39, 0.29) is 29.4 Å². The second-order valence-electron chi connectivity index (χ2n) is 4.83. The number of benzene rings is 1. The zero-order valence-electron chi connectivity index (χ0n) is 13.6. The van der Waals surface area contributed by atoms with Gasteiger partial charge in [-0.2, -0.15) is 0 Å². The highest BCUT2D eigenvalue weighted by atomic mass is 32.2. The van der Waals surface area contributed by atoms with Crippen molar-refractivity contribution in [2.45, 2.75) is 18.2 Å². The maximum atomic E-state index is 13.8. The molecule has 0 saturated carbocycles. The lowest BCUT2D eigenvalue weighted by atomic mass is 10.3. The van der Waals surface area contributed by atoms with Crippen LogP contribution in [0.3, 0.4) is 0 Å². The Labute approximate surface area is 155 Å². The molecule has 0 spiro atoms. The number of nitro groups is 1. The Bertz CT molecular complexity index is 827. The molecule has 0 unspecified atom stereocenters. The smallest absolute Gasteiger partial charge is 0.311 e. The van der Waals surface area contributed by atoms with Crippen molar-refractivity contribution < 1.29 is 23.6 Å². The molecule has 0 aliphatic rings. The number of esters is 1. The Balaban J connectivity index is 1.86. The van der Waals surface area contributed by atoms with Gasteiger partial charge in [-0.25, -0.2) is 9.37 Å². The van der Waals surface area contributed by atoms with Gasteiger partial charge in [-0.3, -0.25) is 19.7 Å². The lowest BCUT2D eigenvalue weighted by Crippen LogP contribution is -2.14. The average Bonchev–Trinajstić information content (AvgIpc) is 3.00. The summed E-state index contributed by atoms with van der Waals surface area (Å²) in [5, 5.41) is 15.1. The van der Waals surface area contributed by atoms with Crippen molar-refractivity contribution in [2.75, 3.05) is 17.7 Å². The number of anilines is 1. The van der Waals surface area contributed by atoms with Gasteiger partial charge < -0.3 is 10.1 Å². The Kier molecular flexibility index (Phi) is 7.04. The maximum Gasteiger partial charge on any atom is 0.311 e. The Morgan fingerprint density at radius 1 is 1.46 bits per heavy atom. The van der Waals surface area contributed by atoms with Gasteiger partial charge in [-0.1, -0.05) is 0 Å². The van der Waals surface area contributed by atoms with Gasteiger partial charge in [0, 0.05) is 16.3 Å². The van der Waals surface area contributed by atoms with Gasteiger partial charge in [0.05, 0.1) is 35.5 Å². The largest absolute Gasteiger partial charge is 0.466 e. The third kappa shape index (κ3) is 5.77. The monoisotopic (exact) mass is 399 g/mol. The molecule has 26 heavy (non-hydrogen) atoms. The molecule has 0 aliphatic carbocycles. The predicted octanol–water partition coefficient (Wildman–Crippen LogP) is 3.03. The molecule has 0 fully saturated rings. The first-order valence-corrected chi connectivity index (χ1v) is 9.22. The summed E-state index contributed by atoms with van der Waals surface area (Å²) in [6.45, 7) is 1.99. The first-order valence-electron chi connectivity index (χ1n) is 7.35. The van der Waals surface area contributed by atoms with Gasteiger partial charge in [-0.15, -0.1) is 23.1 Å². The van der Waals surface area contributed by atoms with Crippen LogP contribution >= 0.6 is 23.1 Å². The van der Waals surface area contributed by atoms with E-state index in [1.807, 2.05) is 0 Å². The number of carbonyl (C=O) groups excluding carboxylic acids is 2. The van der Waals surface area contributed by atoms with Crippen molar-refractivity contribution in [3.63, 3.8) is 0 Å². The van der Waals surface area contributed by atoms with Crippen molar-refractivity contribution >= 4 is 45.8 Å². The van der Waals surface area contributed by atoms with Crippen molar-refractivity contribution in [3.8, 4) is 0 Å². The number of hydrogen-bond donors (Lipinski definition) is 1. The molecule has 1 heterocycles. The number of non-ortho nitro benzene ring substituents is 1. The van der Waals surface area contributed by atoms with Crippen LogP contribution in [0.4, 0.5) is 15.2 Å². The summed E-state index contributed by atoms with van der Waals surface area (Å²) in [7, 11) is 0. The van der Waals surface area contributed by atoms with Gasteiger partial charge in [0.25, 0.3) is 5.69 Å². The summed E-state index contributed by atoms with van der Waals surface area (Å²) in [4.78, 5) is 37.4. The summed E-state index contributed by atoms with van der Waals surface area (Å²) in [5.41, 5.74) is 0.131. The molecule has 2 rings (SSSR count). The van der Waals surface area contributed by atoms with Gasteiger partial charge in [-0.05, 0) is 13.0 Å². The van der Waals surface area contributed by atoms with Crippen molar-refractivity contribution in [1.29, 1.82) is 0 Å². The number of nitrogens with zero attached hydrogens (tertiary/aromatic N) is 2. The molecule has 2 aromatic rings. The average molecular weight is 399 g/mol. The lowest BCUT2D eigenvalue weighted by Gasteiger charge is -2.03. The van der Waals surface area contributed by atoms with E-state index in [0.29, 0.717) is 10.8 Å². The number of carbonyl (C=O) groups is 2. The van der Waals surface area contributed by atoms with Crippen LogP contribution in [0.15, 0.2) is 28.5 Å². The topological polar surface area (TPSA) is 111 Å². The third-order valence-corrected chi connectivity index (χ3v) is 4.77. The number of thiazole rings is 1.